The molecule has 4 nitrogen and oxygen atoms in total. The fourth-order valence-electron chi connectivity index (χ4n) is 2.12. The summed E-state index contributed by atoms with van der Waals surface area (Å²) in [7, 11) is 0. The number of nitrogens with zero attached hydrogens (tertiary/aromatic N) is 1. The van der Waals surface area contributed by atoms with Gasteiger partial charge in [0, 0.05) is 17.2 Å². The van der Waals surface area contributed by atoms with E-state index in [0.29, 0.717) is 11.6 Å². The van der Waals surface area contributed by atoms with E-state index in [4.69, 9.17) is 0 Å². The highest BCUT2D eigenvalue weighted by Gasteiger charge is 2.27. The number of H-pyrrole nitrogens is 1. The predicted molar refractivity (Wildman–Crippen MR) is 67.0 cm³/mol. The van der Waals surface area contributed by atoms with Crippen molar-refractivity contribution in [1.82, 2.24) is 15.5 Å². The third-order valence-electron chi connectivity index (χ3n) is 3.17. The van der Waals surface area contributed by atoms with Crippen LogP contribution in [0.5, 0.6) is 0 Å². The number of hydrogen-bond acceptors (Lipinski definition) is 2. The molecule has 0 bridgehead atoms. The smallest absolute Gasteiger partial charge is 0.272 e. The van der Waals surface area contributed by atoms with Crippen LogP contribution in [0.2, 0.25) is 0 Å². The highest BCUT2D eigenvalue weighted by molar-refractivity contribution is 5.92. The van der Waals surface area contributed by atoms with E-state index in [-0.39, 0.29) is 11.4 Å². The zero-order valence-electron chi connectivity index (χ0n) is 10.8. The maximum Gasteiger partial charge on any atom is 0.272 e. The summed E-state index contributed by atoms with van der Waals surface area (Å²) in [5, 5.41) is 10.1. The van der Waals surface area contributed by atoms with E-state index in [1.165, 1.54) is 12.8 Å². The van der Waals surface area contributed by atoms with Gasteiger partial charge in [-0.25, -0.2) is 0 Å². The Morgan fingerprint density at radius 2 is 2.29 bits per heavy atom. The summed E-state index contributed by atoms with van der Waals surface area (Å²) in [4.78, 5) is 12.0. The van der Waals surface area contributed by atoms with Gasteiger partial charge < -0.3 is 5.32 Å². The number of carbonyl (C=O) groups is 1. The van der Waals surface area contributed by atoms with Crippen molar-refractivity contribution in [3.05, 3.63) is 17.5 Å². The zero-order valence-corrected chi connectivity index (χ0v) is 10.8. The minimum absolute atomic E-state index is 0.0772. The first kappa shape index (κ1) is 12.1. The highest BCUT2D eigenvalue weighted by atomic mass is 16.2. The lowest BCUT2D eigenvalue weighted by Gasteiger charge is -2.25. The van der Waals surface area contributed by atoms with Crippen LogP contribution in [0.1, 0.15) is 68.6 Å². The van der Waals surface area contributed by atoms with Crippen LogP contribution in [0.3, 0.4) is 0 Å². The molecule has 4 heteroatoms. The molecule has 0 saturated heterocycles. The lowest BCUT2D eigenvalue weighted by atomic mass is 9.99. The number of aromatic amines is 1. The molecule has 1 amide bonds. The summed E-state index contributed by atoms with van der Waals surface area (Å²) in [5.41, 5.74) is 1.45. The summed E-state index contributed by atoms with van der Waals surface area (Å²) < 4.78 is 0. The second-order valence-electron chi connectivity index (χ2n) is 5.57. The van der Waals surface area contributed by atoms with E-state index in [0.717, 1.165) is 18.5 Å². The number of nitrogens with one attached hydrogen (secondary N) is 2. The van der Waals surface area contributed by atoms with Gasteiger partial charge >= 0.3 is 0 Å². The van der Waals surface area contributed by atoms with E-state index in [2.05, 4.69) is 22.4 Å². The van der Waals surface area contributed by atoms with Crippen molar-refractivity contribution in [2.45, 2.75) is 57.9 Å². The van der Waals surface area contributed by atoms with Crippen molar-refractivity contribution >= 4 is 5.91 Å². The molecule has 1 heterocycles. The molecule has 0 radical (unpaired) electrons. The van der Waals surface area contributed by atoms with E-state index in [9.17, 15) is 4.79 Å². The van der Waals surface area contributed by atoms with Gasteiger partial charge in [0.05, 0.1) is 0 Å². The molecular formula is C13H21N3O. The Labute approximate surface area is 102 Å². The average Bonchev–Trinajstić information content (AvgIpc) is 2.95. The molecule has 2 N–H and O–H groups in total. The van der Waals surface area contributed by atoms with Gasteiger partial charge in [-0.3, -0.25) is 9.89 Å². The van der Waals surface area contributed by atoms with Crippen LogP contribution in [0.25, 0.3) is 0 Å². The molecule has 1 aliphatic carbocycles. The second kappa shape index (κ2) is 4.51. The molecule has 1 aromatic heterocycles. The zero-order chi connectivity index (χ0) is 12.5. The van der Waals surface area contributed by atoms with Gasteiger partial charge in [-0.1, -0.05) is 13.3 Å². The van der Waals surface area contributed by atoms with Gasteiger partial charge in [0.1, 0.15) is 5.69 Å². The number of aromatic nitrogens is 2. The second-order valence-corrected chi connectivity index (χ2v) is 5.57. The molecule has 17 heavy (non-hydrogen) atoms. The standard InChI is InChI=1S/C13H21N3O/c1-4-7-13(2,3)14-12(17)11-8-10(15-16-11)9-5-6-9/h8-9H,4-7H2,1-3H3,(H,14,17)(H,15,16). The first-order valence-corrected chi connectivity index (χ1v) is 6.39. The molecule has 0 spiro atoms. The monoisotopic (exact) mass is 235 g/mol. The maximum absolute atomic E-state index is 12.0. The van der Waals surface area contributed by atoms with Gasteiger partial charge in [-0.15, -0.1) is 0 Å². The molecule has 0 atom stereocenters. The number of rotatable bonds is 5. The Morgan fingerprint density at radius 1 is 1.59 bits per heavy atom. The molecular weight excluding hydrogens is 214 g/mol. The molecule has 94 valence electrons. The van der Waals surface area contributed by atoms with Crippen molar-refractivity contribution in [2.24, 2.45) is 0 Å². The number of hydrogen-bond donors (Lipinski definition) is 2. The summed E-state index contributed by atoms with van der Waals surface area (Å²) >= 11 is 0. The molecule has 1 aliphatic rings. The fourth-order valence-corrected chi connectivity index (χ4v) is 2.12. The van der Waals surface area contributed by atoms with Gasteiger partial charge in [0.25, 0.3) is 5.91 Å². The first-order chi connectivity index (χ1) is 8.02. The van der Waals surface area contributed by atoms with Crippen molar-refractivity contribution in [3.8, 4) is 0 Å². The molecule has 0 unspecified atom stereocenters. The Balaban J connectivity index is 1.98. The predicted octanol–water partition coefficient (Wildman–Crippen LogP) is 2.60. The molecule has 0 aromatic carbocycles. The largest absolute Gasteiger partial charge is 0.346 e. The summed E-state index contributed by atoms with van der Waals surface area (Å²) in [6.07, 6.45) is 4.45. The van der Waals surface area contributed by atoms with Crippen LogP contribution in [0, 0.1) is 0 Å². The number of carbonyl (C=O) groups excluding carboxylic acids is 1. The lowest BCUT2D eigenvalue weighted by Crippen LogP contribution is -2.43. The van der Waals surface area contributed by atoms with Gasteiger partial charge in [-0.05, 0) is 39.2 Å². The Hall–Kier alpha value is -1.32. The molecule has 2 rings (SSSR count). The van der Waals surface area contributed by atoms with E-state index >= 15 is 0 Å². The van der Waals surface area contributed by atoms with E-state index < -0.39 is 0 Å². The SMILES string of the molecule is CCCC(C)(C)NC(=O)c1cc(C2CC2)[nH]n1. The third kappa shape index (κ3) is 3.08. The van der Waals surface area contributed by atoms with E-state index in [1.54, 1.807) is 0 Å². The van der Waals surface area contributed by atoms with Crippen LogP contribution in [0.15, 0.2) is 6.07 Å². The summed E-state index contributed by atoms with van der Waals surface area (Å²) in [6.45, 7) is 6.21. The normalized spacial score (nSPS) is 15.9. The van der Waals surface area contributed by atoms with Crippen LogP contribution >= 0.6 is 0 Å². The first-order valence-electron chi connectivity index (χ1n) is 6.39. The average molecular weight is 235 g/mol. The molecule has 1 fully saturated rings. The van der Waals surface area contributed by atoms with Gasteiger partial charge in [0.15, 0.2) is 0 Å². The minimum Gasteiger partial charge on any atom is -0.346 e. The minimum atomic E-state index is -0.162. The van der Waals surface area contributed by atoms with Crippen molar-refractivity contribution < 1.29 is 4.79 Å². The highest BCUT2D eigenvalue weighted by Crippen LogP contribution is 2.38. The lowest BCUT2D eigenvalue weighted by molar-refractivity contribution is 0.0904. The molecule has 1 saturated carbocycles. The molecule has 0 aliphatic heterocycles. The van der Waals surface area contributed by atoms with Crippen molar-refractivity contribution in [3.63, 3.8) is 0 Å². The number of amides is 1. The van der Waals surface area contributed by atoms with Crippen LogP contribution < -0.4 is 5.32 Å². The Morgan fingerprint density at radius 3 is 2.88 bits per heavy atom. The quantitative estimate of drug-likeness (QED) is 0.824. The van der Waals surface area contributed by atoms with Gasteiger partial charge in [-0.2, -0.15) is 5.10 Å². The third-order valence-corrected chi connectivity index (χ3v) is 3.17. The summed E-state index contributed by atoms with van der Waals surface area (Å²) in [5.74, 6) is 0.527. The van der Waals surface area contributed by atoms with Gasteiger partial charge in [0.2, 0.25) is 0 Å². The van der Waals surface area contributed by atoms with Crippen molar-refractivity contribution in [2.75, 3.05) is 0 Å². The maximum atomic E-state index is 12.0. The van der Waals surface area contributed by atoms with Crippen LogP contribution in [-0.2, 0) is 0 Å². The van der Waals surface area contributed by atoms with E-state index in [1.807, 2.05) is 19.9 Å². The Kier molecular flexibility index (Phi) is 3.22. The van der Waals surface area contributed by atoms with Crippen molar-refractivity contribution in [1.29, 1.82) is 0 Å². The summed E-state index contributed by atoms with van der Waals surface area (Å²) in [6, 6.07) is 1.88. The van der Waals surface area contributed by atoms with Crippen LogP contribution in [0.4, 0.5) is 0 Å². The Bertz CT molecular complexity index is 405. The molecule has 1 aromatic rings. The topological polar surface area (TPSA) is 57.8 Å². The van der Waals surface area contributed by atoms with Crippen LogP contribution in [-0.4, -0.2) is 21.6 Å². The fraction of sp³-hybridized carbons (Fsp3) is 0.692.